The number of hydrogen-bond donors (Lipinski definition) is 1. The van der Waals surface area contributed by atoms with Crippen molar-refractivity contribution in [2.75, 3.05) is 5.32 Å². The molecule has 0 bridgehead atoms. The van der Waals surface area contributed by atoms with Crippen molar-refractivity contribution < 1.29 is 9.53 Å². The SMILES string of the molecule is Cc1ccc(Cn2ccc(NC(=O)c3ccn(COc4ccc(Cl)c(C)c4)n3)n2)cc1. The van der Waals surface area contributed by atoms with E-state index in [2.05, 4.69) is 46.7 Å². The maximum atomic E-state index is 12.5. The number of amides is 1. The van der Waals surface area contributed by atoms with Gasteiger partial charge in [-0.05, 0) is 49.2 Å². The van der Waals surface area contributed by atoms with E-state index in [-0.39, 0.29) is 18.3 Å². The fraction of sp³-hybridized carbons (Fsp3) is 0.174. The van der Waals surface area contributed by atoms with Crippen LogP contribution in [-0.4, -0.2) is 25.5 Å². The lowest BCUT2D eigenvalue weighted by atomic mass is 10.1. The van der Waals surface area contributed by atoms with E-state index in [1.165, 1.54) is 5.56 Å². The number of hydrogen-bond acceptors (Lipinski definition) is 4. The van der Waals surface area contributed by atoms with Gasteiger partial charge in [0.15, 0.2) is 18.2 Å². The second-order valence-electron chi connectivity index (χ2n) is 7.26. The molecule has 0 unspecified atom stereocenters. The predicted molar refractivity (Wildman–Crippen MR) is 120 cm³/mol. The molecule has 0 saturated carbocycles. The van der Waals surface area contributed by atoms with Crippen LogP contribution in [0.3, 0.4) is 0 Å². The fourth-order valence-electron chi connectivity index (χ4n) is 2.98. The third-order valence-corrected chi connectivity index (χ3v) is 5.14. The molecular formula is C23H22ClN5O2. The molecule has 0 atom stereocenters. The minimum Gasteiger partial charge on any atom is -0.471 e. The molecule has 1 N–H and O–H groups in total. The van der Waals surface area contributed by atoms with Gasteiger partial charge in [0.2, 0.25) is 0 Å². The Hall–Kier alpha value is -3.58. The van der Waals surface area contributed by atoms with Gasteiger partial charge in [-0.15, -0.1) is 0 Å². The maximum Gasteiger partial charge on any atom is 0.277 e. The molecule has 158 valence electrons. The number of nitrogens with one attached hydrogen (secondary N) is 1. The van der Waals surface area contributed by atoms with Crippen LogP contribution < -0.4 is 10.1 Å². The van der Waals surface area contributed by atoms with Gasteiger partial charge in [0.25, 0.3) is 5.91 Å². The van der Waals surface area contributed by atoms with Gasteiger partial charge in [-0.1, -0.05) is 41.4 Å². The van der Waals surface area contributed by atoms with Crippen molar-refractivity contribution in [1.82, 2.24) is 19.6 Å². The molecule has 2 heterocycles. The summed E-state index contributed by atoms with van der Waals surface area (Å²) >= 11 is 6.03. The summed E-state index contributed by atoms with van der Waals surface area (Å²) in [6.45, 7) is 4.77. The minimum absolute atomic E-state index is 0.180. The highest BCUT2D eigenvalue weighted by Crippen LogP contribution is 2.21. The number of nitrogens with zero attached hydrogens (tertiary/aromatic N) is 4. The number of anilines is 1. The highest BCUT2D eigenvalue weighted by atomic mass is 35.5. The summed E-state index contributed by atoms with van der Waals surface area (Å²) in [5, 5.41) is 12.1. The molecule has 7 nitrogen and oxygen atoms in total. The number of rotatable bonds is 7. The Morgan fingerprint density at radius 1 is 1.00 bits per heavy atom. The van der Waals surface area contributed by atoms with Crippen molar-refractivity contribution in [3.8, 4) is 5.75 Å². The summed E-state index contributed by atoms with van der Waals surface area (Å²) in [5.74, 6) is 0.823. The van der Waals surface area contributed by atoms with Crippen LogP contribution in [0.15, 0.2) is 67.0 Å². The van der Waals surface area contributed by atoms with E-state index in [0.717, 1.165) is 11.1 Å². The number of halogens is 1. The van der Waals surface area contributed by atoms with Crippen molar-refractivity contribution in [2.24, 2.45) is 0 Å². The molecule has 0 aliphatic heterocycles. The fourth-order valence-corrected chi connectivity index (χ4v) is 3.10. The van der Waals surface area contributed by atoms with Gasteiger partial charge in [-0.2, -0.15) is 10.2 Å². The first kappa shape index (κ1) is 20.7. The molecule has 0 aliphatic carbocycles. The average molecular weight is 436 g/mol. The van der Waals surface area contributed by atoms with Crippen molar-refractivity contribution in [3.63, 3.8) is 0 Å². The number of benzene rings is 2. The number of carbonyl (C=O) groups excluding carboxylic acids is 1. The molecule has 4 rings (SSSR count). The molecule has 31 heavy (non-hydrogen) atoms. The van der Waals surface area contributed by atoms with Gasteiger partial charge in [-0.3, -0.25) is 9.48 Å². The van der Waals surface area contributed by atoms with Crippen LogP contribution in [0.5, 0.6) is 5.75 Å². The number of aromatic nitrogens is 4. The topological polar surface area (TPSA) is 74.0 Å². The molecule has 0 saturated heterocycles. The van der Waals surface area contributed by atoms with Crippen LogP contribution in [-0.2, 0) is 13.3 Å². The lowest BCUT2D eigenvalue weighted by Gasteiger charge is -2.07. The normalized spacial score (nSPS) is 10.8. The lowest BCUT2D eigenvalue weighted by molar-refractivity contribution is 0.101. The van der Waals surface area contributed by atoms with Crippen LogP contribution in [0.1, 0.15) is 27.2 Å². The first-order valence-electron chi connectivity index (χ1n) is 9.79. The van der Waals surface area contributed by atoms with Gasteiger partial charge in [0, 0.05) is 23.5 Å². The van der Waals surface area contributed by atoms with Crippen molar-refractivity contribution in [3.05, 3.63) is 94.4 Å². The van der Waals surface area contributed by atoms with E-state index < -0.39 is 0 Å². The molecule has 0 fully saturated rings. The molecule has 2 aromatic heterocycles. The van der Waals surface area contributed by atoms with Crippen molar-refractivity contribution in [1.29, 1.82) is 0 Å². The van der Waals surface area contributed by atoms with Gasteiger partial charge < -0.3 is 10.1 Å². The number of carbonyl (C=O) groups is 1. The van der Waals surface area contributed by atoms with Crippen LogP contribution in [0, 0.1) is 13.8 Å². The molecule has 1 amide bonds. The summed E-state index contributed by atoms with van der Waals surface area (Å²) in [6.07, 6.45) is 3.52. The zero-order valence-electron chi connectivity index (χ0n) is 17.2. The molecule has 0 aliphatic rings. The second kappa shape index (κ2) is 9.06. The van der Waals surface area contributed by atoms with Crippen molar-refractivity contribution in [2.45, 2.75) is 27.1 Å². The van der Waals surface area contributed by atoms with E-state index in [1.807, 2.05) is 19.2 Å². The van der Waals surface area contributed by atoms with Crippen LogP contribution in [0.2, 0.25) is 5.02 Å². The quantitative estimate of drug-likeness (QED) is 0.457. The van der Waals surface area contributed by atoms with E-state index in [0.29, 0.717) is 23.1 Å². The van der Waals surface area contributed by atoms with Gasteiger partial charge >= 0.3 is 0 Å². The Balaban J connectivity index is 1.33. The molecular weight excluding hydrogens is 414 g/mol. The van der Waals surface area contributed by atoms with Crippen LogP contribution >= 0.6 is 11.6 Å². The maximum absolute atomic E-state index is 12.5. The average Bonchev–Trinajstić information content (AvgIpc) is 3.40. The van der Waals surface area contributed by atoms with Gasteiger partial charge in [0.1, 0.15) is 5.75 Å². The molecule has 0 radical (unpaired) electrons. The Kier molecular flexibility index (Phi) is 6.04. The minimum atomic E-state index is -0.332. The Morgan fingerprint density at radius 3 is 2.55 bits per heavy atom. The monoisotopic (exact) mass is 435 g/mol. The smallest absolute Gasteiger partial charge is 0.277 e. The Morgan fingerprint density at radius 2 is 1.77 bits per heavy atom. The standard InChI is InChI=1S/C23H22ClN5O2/c1-16-3-5-18(6-4-16)14-28-12-10-22(27-28)25-23(30)21-9-11-29(26-21)15-31-19-7-8-20(24)17(2)13-19/h3-13H,14-15H2,1-2H3,(H,25,27,30). The zero-order chi connectivity index (χ0) is 21.8. The summed E-state index contributed by atoms with van der Waals surface area (Å²) in [7, 11) is 0. The second-order valence-corrected chi connectivity index (χ2v) is 7.67. The van der Waals surface area contributed by atoms with E-state index in [1.54, 1.807) is 39.8 Å². The first-order chi connectivity index (χ1) is 15.0. The summed E-state index contributed by atoms with van der Waals surface area (Å²) in [4.78, 5) is 12.5. The largest absolute Gasteiger partial charge is 0.471 e. The summed E-state index contributed by atoms with van der Waals surface area (Å²) < 4.78 is 9.03. The third kappa shape index (κ3) is 5.32. The van der Waals surface area contributed by atoms with Crippen LogP contribution in [0.4, 0.5) is 5.82 Å². The molecule has 0 spiro atoms. The summed E-state index contributed by atoms with van der Waals surface area (Å²) in [6, 6.07) is 17.1. The Labute approximate surface area is 185 Å². The highest BCUT2D eigenvalue weighted by Gasteiger charge is 2.12. The van der Waals surface area contributed by atoms with Gasteiger partial charge in [0.05, 0.1) is 6.54 Å². The third-order valence-electron chi connectivity index (χ3n) is 4.71. The van der Waals surface area contributed by atoms with E-state index in [9.17, 15) is 4.79 Å². The summed E-state index contributed by atoms with van der Waals surface area (Å²) in [5.41, 5.74) is 3.57. The number of aryl methyl sites for hydroxylation is 2. The predicted octanol–water partition coefficient (Wildman–Crippen LogP) is 4.69. The molecule has 8 heteroatoms. The van der Waals surface area contributed by atoms with E-state index >= 15 is 0 Å². The van der Waals surface area contributed by atoms with Crippen LogP contribution in [0.25, 0.3) is 0 Å². The molecule has 2 aromatic carbocycles. The Bertz CT molecular complexity index is 1200. The molecule has 4 aromatic rings. The number of ether oxygens (including phenoxy) is 1. The van der Waals surface area contributed by atoms with Crippen molar-refractivity contribution >= 4 is 23.3 Å². The highest BCUT2D eigenvalue weighted by molar-refractivity contribution is 6.31. The van der Waals surface area contributed by atoms with Gasteiger partial charge in [-0.25, -0.2) is 4.68 Å². The first-order valence-corrected chi connectivity index (χ1v) is 10.2. The van der Waals surface area contributed by atoms with E-state index in [4.69, 9.17) is 16.3 Å². The lowest BCUT2D eigenvalue weighted by Crippen LogP contribution is -2.15. The zero-order valence-corrected chi connectivity index (χ0v) is 18.0.